The van der Waals surface area contributed by atoms with Crippen molar-refractivity contribution in [3.05, 3.63) is 77.3 Å². The lowest BCUT2D eigenvalue weighted by Crippen LogP contribution is -2.25. The van der Waals surface area contributed by atoms with E-state index in [-0.39, 0.29) is 29.9 Å². The van der Waals surface area contributed by atoms with E-state index in [0.717, 1.165) is 12.1 Å². The second-order valence-electron chi connectivity index (χ2n) is 9.47. The number of rotatable bonds is 5. The van der Waals surface area contributed by atoms with Gasteiger partial charge in [-0.15, -0.1) is 0 Å². The Morgan fingerprint density at radius 3 is 2.65 bits per heavy atom. The number of carbonyl (C=O) groups is 1. The number of amides is 1. The first-order valence-electron chi connectivity index (χ1n) is 12.1. The molecule has 2 atom stereocenters. The summed E-state index contributed by atoms with van der Waals surface area (Å²) in [6.07, 6.45) is 2.64. The van der Waals surface area contributed by atoms with E-state index in [1.165, 1.54) is 12.4 Å². The number of ether oxygens (including phenoxy) is 1. The van der Waals surface area contributed by atoms with E-state index in [1.54, 1.807) is 24.3 Å². The molecule has 0 saturated heterocycles. The molecule has 0 radical (unpaired) electrons. The summed E-state index contributed by atoms with van der Waals surface area (Å²) in [6.45, 7) is -1.30. The van der Waals surface area contributed by atoms with Crippen molar-refractivity contribution in [2.45, 2.75) is 41.8 Å². The van der Waals surface area contributed by atoms with Gasteiger partial charge in [0, 0.05) is 35.3 Å². The summed E-state index contributed by atoms with van der Waals surface area (Å²) in [5.41, 5.74) is -1.35. The van der Waals surface area contributed by atoms with Crippen molar-refractivity contribution in [1.82, 2.24) is 25.3 Å². The summed E-state index contributed by atoms with van der Waals surface area (Å²) in [5.74, 6) is -5.56. The van der Waals surface area contributed by atoms with Crippen LogP contribution in [0.5, 0.6) is 0 Å². The summed E-state index contributed by atoms with van der Waals surface area (Å²) in [6, 6.07) is 8.37. The molecular formula is C26H19F4N5O4S. The number of carbonyl (C=O) groups excluding carboxylic acids is 1. The molecule has 6 rings (SSSR count). The molecule has 0 bridgehead atoms. The van der Waals surface area contributed by atoms with Crippen LogP contribution in [0, 0.1) is 5.82 Å². The van der Waals surface area contributed by atoms with Gasteiger partial charge in [0.25, 0.3) is 11.8 Å². The lowest BCUT2D eigenvalue weighted by Gasteiger charge is -2.11. The van der Waals surface area contributed by atoms with Crippen LogP contribution in [0.25, 0.3) is 22.3 Å². The van der Waals surface area contributed by atoms with Crippen molar-refractivity contribution in [2.75, 3.05) is 6.61 Å². The third-order valence-corrected chi connectivity index (χ3v) is 8.48. The van der Waals surface area contributed by atoms with Gasteiger partial charge in [0.2, 0.25) is 15.3 Å². The van der Waals surface area contributed by atoms with Crippen molar-refractivity contribution in [1.29, 1.82) is 0 Å². The highest BCUT2D eigenvalue weighted by molar-refractivity contribution is 7.92. The summed E-state index contributed by atoms with van der Waals surface area (Å²) in [4.78, 5) is 29.2. The SMILES string of the molecule is O=C(NCc1cc2nc(-c3ccnc([C@H]4CC4(F)F)n3)ccc2cn1)c1cc(F)c2c(c1)S(=O)(=O)[C@@H](F)COC2. The predicted octanol–water partition coefficient (Wildman–Crippen LogP) is 3.88. The molecule has 206 valence electrons. The van der Waals surface area contributed by atoms with Gasteiger partial charge in [-0.05, 0) is 36.4 Å². The quantitative estimate of drug-likeness (QED) is 0.357. The first kappa shape index (κ1) is 26.2. The molecule has 9 nitrogen and oxygen atoms in total. The maximum absolute atomic E-state index is 14.7. The van der Waals surface area contributed by atoms with Gasteiger partial charge in [-0.25, -0.2) is 40.9 Å². The van der Waals surface area contributed by atoms with E-state index in [0.29, 0.717) is 28.0 Å². The number of hydrogen-bond donors (Lipinski definition) is 1. The minimum Gasteiger partial charge on any atom is -0.372 e. The average Bonchev–Trinajstić information content (AvgIpc) is 3.61. The zero-order valence-corrected chi connectivity index (χ0v) is 21.3. The largest absolute Gasteiger partial charge is 0.372 e. The van der Waals surface area contributed by atoms with Crippen molar-refractivity contribution in [3.8, 4) is 11.4 Å². The zero-order chi connectivity index (χ0) is 28.2. The Hall–Kier alpha value is -4.04. The fourth-order valence-corrected chi connectivity index (χ4v) is 5.71. The fourth-order valence-electron chi connectivity index (χ4n) is 4.37. The van der Waals surface area contributed by atoms with Gasteiger partial charge in [0.05, 0.1) is 53.2 Å². The summed E-state index contributed by atoms with van der Waals surface area (Å²) in [7, 11) is -4.54. The molecule has 40 heavy (non-hydrogen) atoms. The Balaban J connectivity index is 1.22. The molecule has 1 amide bonds. The van der Waals surface area contributed by atoms with Crippen molar-refractivity contribution < 1.29 is 35.5 Å². The Bertz CT molecular complexity index is 1790. The molecule has 0 spiro atoms. The number of fused-ring (bicyclic) bond motifs is 2. The molecule has 3 aromatic heterocycles. The number of aromatic nitrogens is 4. The standard InChI is InChI=1S/C26H19F4N5O4S/c27-18-5-14(6-22-16(18)11-39-12-23(28)40(22,37)38)25(36)33-10-15-7-21-13(9-32-15)1-2-19(34-21)20-3-4-31-24(35-20)17-8-26(17,29)30/h1-7,9,17,23H,8,10-12H2,(H,33,36)/t17-,23-/m1/s1. The van der Waals surface area contributed by atoms with Gasteiger partial charge in [0.15, 0.2) is 0 Å². The Morgan fingerprint density at radius 1 is 1.10 bits per heavy atom. The lowest BCUT2D eigenvalue weighted by molar-refractivity contribution is 0.0938. The number of halogens is 4. The number of alkyl halides is 3. The summed E-state index contributed by atoms with van der Waals surface area (Å²) < 4.78 is 85.5. The minimum absolute atomic E-state index is 0.0547. The molecule has 0 unspecified atom stereocenters. The van der Waals surface area contributed by atoms with Gasteiger partial charge in [-0.3, -0.25) is 9.78 Å². The third kappa shape index (κ3) is 4.77. The number of pyridine rings is 2. The Kier molecular flexibility index (Phi) is 6.26. The first-order valence-corrected chi connectivity index (χ1v) is 13.6. The number of nitrogens with zero attached hydrogens (tertiary/aromatic N) is 4. The molecule has 1 aromatic carbocycles. The molecule has 4 heterocycles. The fraction of sp³-hybridized carbons (Fsp3) is 0.269. The van der Waals surface area contributed by atoms with Crippen LogP contribution in [0.3, 0.4) is 0 Å². The highest BCUT2D eigenvalue weighted by atomic mass is 32.2. The first-order chi connectivity index (χ1) is 19.0. The van der Waals surface area contributed by atoms with Gasteiger partial charge >= 0.3 is 0 Å². The Labute approximate surface area is 224 Å². The predicted molar refractivity (Wildman–Crippen MR) is 132 cm³/mol. The van der Waals surface area contributed by atoms with Crippen molar-refractivity contribution >= 4 is 26.6 Å². The maximum atomic E-state index is 14.7. The number of nitrogens with one attached hydrogen (secondary N) is 1. The highest BCUT2D eigenvalue weighted by Gasteiger charge is 2.59. The van der Waals surface area contributed by atoms with Gasteiger partial charge in [0.1, 0.15) is 11.6 Å². The molecule has 1 aliphatic carbocycles. The van der Waals surface area contributed by atoms with E-state index in [4.69, 9.17) is 4.74 Å². The molecule has 4 aromatic rings. The molecule has 1 N–H and O–H groups in total. The molecule has 2 aliphatic rings. The van der Waals surface area contributed by atoms with Crippen LogP contribution in [0.1, 0.15) is 39.8 Å². The minimum atomic E-state index is -4.54. The van der Waals surface area contributed by atoms with Gasteiger partial charge in [-0.2, -0.15) is 0 Å². The van der Waals surface area contributed by atoms with E-state index in [1.807, 2.05) is 0 Å². The molecular weight excluding hydrogens is 554 g/mol. The average molecular weight is 574 g/mol. The van der Waals surface area contributed by atoms with Gasteiger partial charge < -0.3 is 10.1 Å². The van der Waals surface area contributed by atoms with Crippen LogP contribution in [-0.4, -0.2) is 52.3 Å². The van der Waals surface area contributed by atoms with Crippen LogP contribution >= 0.6 is 0 Å². The van der Waals surface area contributed by atoms with Gasteiger partial charge in [-0.1, -0.05) is 0 Å². The van der Waals surface area contributed by atoms with Crippen LogP contribution in [0.15, 0.2) is 53.7 Å². The second kappa shape index (κ2) is 9.55. The van der Waals surface area contributed by atoms with Crippen LogP contribution < -0.4 is 5.32 Å². The highest BCUT2D eigenvalue weighted by Crippen LogP contribution is 2.54. The maximum Gasteiger partial charge on any atom is 0.259 e. The summed E-state index contributed by atoms with van der Waals surface area (Å²) >= 11 is 0. The zero-order valence-electron chi connectivity index (χ0n) is 20.4. The van der Waals surface area contributed by atoms with Crippen LogP contribution in [0.4, 0.5) is 17.6 Å². The molecule has 14 heteroatoms. The molecule has 1 fully saturated rings. The topological polar surface area (TPSA) is 124 Å². The van der Waals surface area contributed by atoms with E-state index in [9.17, 15) is 30.8 Å². The van der Waals surface area contributed by atoms with Crippen LogP contribution in [-0.2, 0) is 27.7 Å². The summed E-state index contributed by atoms with van der Waals surface area (Å²) in [5, 5.41) is 3.21. The van der Waals surface area contributed by atoms with Crippen molar-refractivity contribution in [2.24, 2.45) is 0 Å². The van der Waals surface area contributed by atoms with E-state index < -0.39 is 57.0 Å². The molecule has 1 aliphatic heterocycles. The van der Waals surface area contributed by atoms with Crippen molar-refractivity contribution in [3.63, 3.8) is 0 Å². The third-order valence-electron chi connectivity index (χ3n) is 6.69. The number of sulfone groups is 1. The number of benzene rings is 1. The smallest absolute Gasteiger partial charge is 0.259 e. The monoisotopic (exact) mass is 573 g/mol. The van der Waals surface area contributed by atoms with Crippen LogP contribution in [0.2, 0.25) is 0 Å². The van der Waals surface area contributed by atoms with E-state index >= 15 is 0 Å². The Morgan fingerprint density at radius 2 is 1.88 bits per heavy atom. The normalized spacial score (nSPS) is 20.9. The van der Waals surface area contributed by atoms with E-state index in [2.05, 4.69) is 25.3 Å². The lowest BCUT2D eigenvalue weighted by atomic mass is 10.1. The second-order valence-corrected chi connectivity index (χ2v) is 11.5. The number of hydrogen-bond acceptors (Lipinski definition) is 8. The molecule has 1 saturated carbocycles.